The van der Waals surface area contributed by atoms with Gasteiger partial charge in [-0.05, 0) is 37.1 Å². The largest absolute Gasteiger partial charge is 0.451 e. The first-order valence-electron chi connectivity index (χ1n) is 9.39. The lowest BCUT2D eigenvalue weighted by Gasteiger charge is -2.20. The number of hydrogen-bond donors (Lipinski definition) is 1. The molecule has 5 heteroatoms. The number of anilines is 1. The van der Waals surface area contributed by atoms with Crippen LogP contribution in [0.15, 0.2) is 52.9 Å². The van der Waals surface area contributed by atoms with Gasteiger partial charge in [0.1, 0.15) is 11.4 Å². The number of furan rings is 1. The summed E-state index contributed by atoms with van der Waals surface area (Å²) in [6, 6.07) is 13.6. The normalized spacial score (nSPS) is 15.1. The van der Waals surface area contributed by atoms with Crippen molar-refractivity contribution in [1.82, 2.24) is 0 Å². The van der Waals surface area contributed by atoms with Gasteiger partial charge in [-0.15, -0.1) is 0 Å². The summed E-state index contributed by atoms with van der Waals surface area (Å²) in [5.74, 6) is 0.346. The Kier molecular flexibility index (Phi) is 5.48. The summed E-state index contributed by atoms with van der Waals surface area (Å²) in [5.41, 5.74) is 2.06. The lowest BCUT2D eigenvalue weighted by atomic mass is 10.0. The van der Waals surface area contributed by atoms with Crippen LogP contribution in [0, 0.1) is 5.82 Å². The summed E-state index contributed by atoms with van der Waals surface area (Å²) < 4.78 is 19.3. The maximum atomic E-state index is 13.4. The second-order valence-electron chi connectivity index (χ2n) is 6.94. The van der Waals surface area contributed by atoms with Gasteiger partial charge in [-0.1, -0.05) is 43.5 Å². The molecule has 0 saturated heterocycles. The quantitative estimate of drug-likeness (QED) is 0.555. The molecule has 1 aromatic heterocycles. The monoisotopic (exact) mass is 383 g/mol. The molecule has 1 fully saturated rings. The zero-order chi connectivity index (χ0) is 18.6. The summed E-state index contributed by atoms with van der Waals surface area (Å²) in [7, 11) is 0. The third-order valence-electron chi connectivity index (χ3n) is 5.00. The maximum absolute atomic E-state index is 13.4. The minimum Gasteiger partial charge on any atom is -0.451 e. The molecule has 0 aliphatic heterocycles. The van der Waals surface area contributed by atoms with E-state index in [9.17, 15) is 9.18 Å². The van der Waals surface area contributed by atoms with Gasteiger partial charge in [0.25, 0.3) is 5.91 Å². The Bertz CT molecular complexity index is 946. The highest BCUT2D eigenvalue weighted by Gasteiger charge is 2.22. The molecule has 0 radical (unpaired) electrons. The lowest BCUT2D eigenvalue weighted by molar-refractivity contribution is 0.0998. The summed E-state index contributed by atoms with van der Waals surface area (Å²) in [6.45, 7) is 0. The van der Waals surface area contributed by atoms with Crippen LogP contribution in [0.3, 0.4) is 0 Å². The zero-order valence-corrected chi connectivity index (χ0v) is 15.9. The molecule has 1 amide bonds. The number of benzene rings is 2. The van der Waals surface area contributed by atoms with Crippen LogP contribution in [-0.2, 0) is 5.75 Å². The average Bonchev–Trinajstić information content (AvgIpc) is 3.06. The van der Waals surface area contributed by atoms with Gasteiger partial charge < -0.3 is 9.73 Å². The second-order valence-corrected chi connectivity index (χ2v) is 8.23. The molecule has 1 N–H and O–H groups in total. The second kappa shape index (κ2) is 8.17. The number of thioether (sulfide) groups is 1. The molecule has 0 bridgehead atoms. The standard InChI is InChI=1S/C22H22FNO2S/c23-15-7-6-8-16(13-15)24-22(25)21-19(14-27-17-9-2-1-3-10-17)18-11-4-5-12-20(18)26-21/h4-8,11-13,17H,1-3,9-10,14H2,(H,24,25). The molecular formula is C22H22FNO2S. The van der Waals surface area contributed by atoms with E-state index < -0.39 is 0 Å². The SMILES string of the molecule is O=C(Nc1cccc(F)c1)c1oc2ccccc2c1CSC1CCCCC1. The molecule has 3 aromatic rings. The van der Waals surface area contributed by atoms with Crippen molar-refractivity contribution >= 4 is 34.3 Å². The summed E-state index contributed by atoms with van der Waals surface area (Å²) in [4.78, 5) is 12.8. The Labute approximate surface area is 162 Å². The Hall–Kier alpha value is -2.27. The first kappa shape index (κ1) is 18.1. The Morgan fingerprint density at radius 1 is 1.11 bits per heavy atom. The van der Waals surface area contributed by atoms with Crippen LogP contribution >= 0.6 is 11.8 Å². The van der Waals surface area contributed by atoms with Crippen LogP contribution < -0.4 is 5.32 Å². The van der Waals surface area contributed by atoms with Gasteiger partial charge >= 0.3 is 0 Å². The van der Waals surface area contributed by atoms with Crippen LogP contribution in [0.4, 0.5) is 10.1 Å². The molecular weight excluding hydrogens is 361 g/mol. The van der Waals surface area contributed by atoms with E-state index >= 15 is 0 Å². The van der Waals surface area contributed by atoms with Gasteiger partial charge in [0, 0.05) is 27.6 Å². The van der Waals surface area contributed by atoms with E-state index in [1.54, 1.807) is 12.1 Å². The molecule has 1 saturated carbocycles. The number of rotatable bonds is 5. The molecule has 27 heavy (non-hydrogen) atoms. The fourth-order valence-corrected chi connectivity index (χ4v) is 4.97. The fraction of sp³-hybridized carbons (Fsp3) is 0.318. The van der Waals surface area contributed by atoms with Crippen LogP contribution in [0.25, 0.3) is 11.0 Å². The summed E-state index contributed by atoms with van der Waals surface area (Å²) in [6.07, 6.45) is 6.39. The van der Waals surface area contributed by atoms with Crippen molar-refractivity contribution in [1.29, 1.82) is 0 Å². The van der Waals surface area contributed by atoms with Crippen molar-refractivity contribution in [2.75, 3.05) is 5.32 Å². The minimum atomic E-state index is -0.384. The van der Waals surface area contributed by atoms with Gasteiger partial charge in [0.2, 0.25) is 0 Å². The smallest absolute Gasteiger partial charge is 0.291 e. The van der Waals surface area contributed by atoms with Crippen molar-refractivity contribution in [3.63, 3.8) is 0 Å². The van der Waals surface area contributed by atoms with Gasteiger partial charge in [-0.25, -0.2) is 4.39 Å². The van der Waals surface area contributed by atoms with Gasteiger partial charge in [0.15, 0.2) is 5.76 Å². The van der Waals surface area contributed by atoms with Crippen LogP contribution in [0.5, 0.6) is 0 Å². The van der Waals surface area contributed by atoms with E-state index in [4.69, 9.17) is 4.42 Å². The third-order valence-corrected chi connectivity index (χ3v) is 6.40. The fourth-order valence-electron chi connectivity index (χ4n) is 3.61. The van der Waals surface area contributed by atoms with Crippen molar-refractivity contribution < 1.29 is 13.6 Å². The number of carbonyl (C=O) groups excluding carboxylic acids is 1. The number of carbonyl (C=O) groups is 1. The minimum absolute atomic E-state index is 0.323. The molecule has 1 aliphatic rings. The van der Waals surface area contributed by atoms with E-state index in [2.05, 4.69) is 5.32 Å². The Balaban J connectivity index is 1.59. The van der Waals surface area contributed by atoms with E-state index in [-0.39, 0.29) is 11.7 Å². The van der Waals surface area contributed by atoms with Gasteiger partial charge in [-0.3, -0.25) is 4.79 Å². The van der Waals surface area contributed by atoms with Crippen LogP contribution in [-0.4, -0.2) is 11.2 Å². The van der Waals surface area contributed by atoms with Crippen molar-refractivity contribution in [2.45, 2.75) is 43.1 Å². The van der Waals surface area contributed by atoms with Gasteiger partial charge in [-0.2, -0.15) is 11.8 Å². The van der Waals surface area contributed by atoms with E-state index in [0.717, 1.165) is 16.7 Å². The van der Waals surface area contributed by atoms with Crippen LogP contribution in [0.2, 0.25) is 0 Å². The predicted molar refractivity (Wildman–Crippen MR) is 109 cm³/mol. The number of para-hydroxylation sites is 1. The molecule has 0 spiro atoms. The average molecular weight is 383 g/mol. The molecule has 0 unspecified atom stereocenters. The Morgan fingerprint density at radius 2 is 1.93 bits per heavy atom. The highest BCUT2D eigenvalue weighted by Crippen LogP contribution is 2.35. The molecule has 1 aliphatic carbocycles. The number of nitrogens with one attached hydrogen (secondary N) is 1. The number of amides is 1. The van der Waals surface area contributed by atoms with Crippen molar-refractivity contribution in [3.05, 3.63) is 65.7 Å². The van der Waals surface area contributed by atoms with Crippen molar-refractivity contribution in [3.8, 4) is 0 Å². The first-order chi connectivity index (χ1) is 13.2. The van der Waals surface area contributed by atoms with Gasteiger partial charge in [0.05, 0.1) is 0 Å². The molecule has 3 nitrogen and oxygen atoms in total. The topological polar surface area (TPSA) is 42.2 Å². The zero-order valence-electron chi connectivity index (χ0n) is 15.0. The number of hydrogen-bond acceptors (Lipinski definition) is 3. The molecule has 0 atom stereocenters. The Morgan fingerprint density at radius 3 is 2.74 bits per heavy atom. The molecule has 1 heterocycles. The number of fused-ring (bicyclic) bond motifs is 1. The number of halogens is 1. The lowest BCUT2D eigenvalue weighted by Crippen LogP contribution is -2.13. The third kappa shape index (κ3) is 4.19. The van der Waals surface area contributed by atoms with E-state index in [1.807, 2.05) is 36.0 Å². The summed E-state index contributed by atoms with van der Waals surface area (Å²) >= 11 is 1.91. The van der Waals surface area contributed by atoms with Crippen LogP contribution in [0.1, 0.15) is 48.2 Å². The predicted octanol–water partition coefficient (Wildman–Crippen LogP) is 6.39. The summed E-state index contributed by atoms with van der Waals surface area (Å²) in [5, 5.41) is 4.38. The molecule has 140 valence electrons. The highest BCUT2D eigenvalue weighted by molar-refractivity contribution is 7.99. The first-order valence-corrected chi connectivity index (χ1v) is 10.4. The van der Waals surface area contributed by atoms with E-state index in [1.165, 1.54) is 44.2 Å². The molecule has 4 rings (SSSR count). The maximum Gasteiger partial charge on any atom is 0.291 e. The molecule has 2 aromatic carbocycles. The van der Waals surface area contributed by atoms with Crippen molar-refractivity contribution in [2.24, 2.45) is 0 Å². The van der Waals surface area contributed by atoms with E-state index in [0.29, 0.717) is 22.3 Å². The highest BCUT2D eigenvalue weighted by atomic mass is 32.2.